The Balaban J connectivity index is 2.46. The fraction of sp³-hybridized carbons (Fsp3) is 0.182. The van der Waals surface area contributed by atoms with Crippen molar-refractivity contribution in [3.05, 3.63) is 35.1 Å². The smallest absolute Gasteiger partial charge is 0.271 e. The Morgan fingerprint density at radius 2 is 2.32 bits per heavy atom. The molecule has 2 aromatic heterocycles. The molecule has 0 radical (unpaired) electrons. The molecule has 0 bridgehead atoms. The number of rotatable bonds is 5. The van der Waals surface area contributed by atoms with Gasteiger partial charge in [-0.3, -0.25) is 4.79 Å². The van der Waals surface area contributed by atoms with Crippen molar-refractivity contribution in [1.82, 2.24) is 14.8 Å². The maximum atomic E-state index is 11.4. The average Bonchev–Trinajstić information content (AvgIpc) is 2.81. The van der Waals surface area contributed by atoms with Crippen molar-refractivity contribution in [2.45, 2.75) is 0 Å². The Labute approximate surface area is 127 Å². The van der Waals surface area contributed by atoms with E-state index >= 15 is 0 Å². The van der Waals surface area contributed by atoms with Crippen LogP contribution in [0.4, 0.5) is 0 Å². The van der Waals surface area contributed by atoms with Gasteiger partial charge in [-0.25, -0.2) is 9.67 Å². The average molecular weight is 365 g/mol. The zero-order valence-electron chi connectivity index (χ0n) is 9.52. The SMILES string of the molecule is O=C(Cl)c1cc(OCCBr)nn1-c1ncccc1Cl. The van der Waals surface area contributed by atoms with Crippen LogP contribution in [0, 0.1) is 0 Å². The van der Waals surface area contributed by atoms with Crippen LogP contribution >= 0.6 is 39.1 Å². The summed E-state index contributed by atoms with van der Waals surface area (Å²) in [6.45, 7) is 0.420. The van der Waals surface area contributed by atoms with E-state index in [1.807, 2.05) is 0 Å². The summed E-state index contributed by atoms with van der Waals surface area (Å²) in [6, 6.07) is 4.77. The minimum atomic E-state index is -0.664. The summed E-state index contributed by atoms with van der Waals surface area (Å²) in [7, 11) is 0. The van der Waals surface area contributed by atoms with Gasteiger partial charge in [-0.2, -0.15) is 0 Å². The summed E-state index contributed by atoms with van der Waals surface area (Å²) in [5.74, 6) is 0.604. The fourth-order valence-corrected chi connectivity index (χ4v) is 1.91. The Bertz CT molecular complexity index is 603. The molecule has 0 aromatic carbocycles. The van der Waals surface area contributed by atoms with Gasteiger partial charge in [-0.05, 0) is 23.7 Å². The first-order valence-corrected chi connectivity index (χ1v) is 7.10. The topological polar surface area (TPSA) is 57.0 Å². The molecule has 0 saturated carbocycles. The normalized spacial score (nSPS) is 10.5. The van der Waals surface area contributed by atoms with Gasteiger partial charge in [0.05, 0.1) is 11.6 Å². The van der Waals surface area contributed by atoms with E-state index in [-0.39, 0.29) is 11.6 Å². The van der Waals surface area contributed by atoms with Crippen LogP contribution < -0.4 is 4.74 Å². The van der Waals surface area contributed by atoms with E-state index in [1.165, 1.54) is 10.7 Å². The molecule has 0 unspecified atom stereocenters. The van der Waals surface area contributed by atoms with E-state index in [1.54, 1.807) is 18.3 Å². The van der Waals surface area contributed by atoms with Crippen LogP contribution in [0.3, 0.4) is 0 Å². The van der Waals surface area contributed by atoms with Crippen LogP contribution in [-0.4, -0.2) is 31.9 Å². The molecule has 100 valence electrons. The van der Waals surface area contributed by atoms with Crippen LogP contribution in [0.1, 0.15) is 10.5 Å². The van der Waals surface area contributed by atoms with Gasteiger partial charge >= 0.3 is 0 Å². The molecule has 8 heteroatoms. The summed E-state index contributed by atoms with van der Waals surface area (Å²) in [5, 5.41) is 4.46. The maximum Gasteiger partial charge on any atom is 0.271 e. The van der Waals surface area contributed by atoms with Gasteiger partial charge in [0.1, 0.15) is 5.69 Å². The van der Waals surface area contributed by atoms with Gasteiger partial charge in [0.25, 0.3) is 5.24 Å². The standard InChI is InChI=1S/C11H8BrCl2N3O2/c12-3-5-19-9-6-8(10(14)18)17(16-9)11-7(13)2-1-4-15-11/h1-2,4,6H,3,5H2. The number of nitrogens with zero attached hydrogens (tertiary/aromatic N) is 3. The quantitative estimate of drug-likeness (QED) is 0.604. The van der Waals surface area contributed by atoms with Crippen LogP contribution in [0.15, 0.2) is 24.4 Å². The molecule has 5 nitrogen and oxygen atoms in total. The van der Waals surface area contributed by atoms with Crippen molar-refractivity contribution >= 4 is 44.4 Å². The highest BCUT2D eigenvalue weighted by molar-refractivity contribution is 9.09. The minimum absolute atomic E-state index is 0.145. The number of aromatic nitrogens is 3. The predicted molar refractivity (Wildman–Crippen MR) is 75.8 cm³/mol. The zero-order valence-corrected chi connectivity index (χ0v) is 12.6. The second-order valence-electron chi connectivity index (χ2n) is 3.40. The molecule has 0 atom stereocenters. The monoisotopic (exact) mass is 363 g/mol. The molecule has 0 aliphatic rings. The third-order valence-electron chi connectivity index (χ3n) is 2.16. The Morgan fingerprint density at radius 3 is 2.95 bits per heavy atom. The molecular formula is C11H8BrCl2N3O2. The zero-order chi connectivity index (χ0) is 13.8. The first-order chi connectivity index (χ1) is 9.13. The lowest BCUT2D eigenvalue weighted by Gasteiger charge is -2.04. The molecule has 0 saturated heterocycles. The maximum absolute atomic E-state index is 11.4. The van der Waals surface area contributed by atoms with E-state index in [0.29, 0.717) is 22.8 Å². The third-order valence-corrected chi connectivity index (χ3v) is 2.97. The van der Waals surface area contributed by atoms with Crippen LogP contribution in [0.2, 0.25) is 5.02 Å². The van der Waals surface area contributed by atoms with E-state index < -0.39 is 5.24 Å². The van der Waals surface area contributed by atoms with Crippen LogP contribution in [-0.2, 0) is 0 Å². The summed E-state index contributed by atoms with van der Waals surface area (Å²) in [5.41, 5.74) is 0.145. The van der Waals surface area contributed by atoms with Crippen molar-refractivity contribution in [3.8, 4) is 11.7 Å². The van der Waals surface area contributed by atoms with Crippen molar-refractivity contribution < 1.29 is 9.53 Å². The van der Waals surface area contributed by atoms with Crippen LogP contribution in [0.5, 0.6) is 5.88 Å². The van der Waals surface area contributed by atoms with Gasteiger partial charge in [0, 0.05) is 17.6 Å². The largest absolute Gasteiger partial charge is 0.476 e. The third kappa shape index (κ3) is 3.26. The number of hydrogen-bond donors (Lipinski definition) is 0. The first-order valence-electron chi connectivity index (χ1n) is 5.23. The number of halogens is 3. The molecule has 0 amide bonds. The number of alkyl halides is 1. The van der Waals surface area contributed by atoms with Gasteiger partial charge in [-0.1, -0.05) is 27.5 Å². The Hall–Kier alpha value is -1.11. The highest BCUT2D eigenvalue weighted by atomic mass is 79.9. The van der Waals surface area contributed by atoms with Gasteiger partial charge in [0.15, 0.2) is 5.82 Å². The molecular weight excluding hydrogens is 357 g/mol. The van der Waals surface area contributed by atoms with Crippen molar-refractivity contribution in [2.75, 3.05) is 11.9 Å². The second-order valence-corrected chi connectivity index (χ2v) is 4.94. The molecule has 0 aliphatic carbocycles. The minimum Gasteiger partial charge on any atom is -0.476 e. The Kier molecular flexibility index (Phi) is 4.79. The lowest BCUT2D eigenvalue weighted by atomic mass is 10.4. The molecule has 19 heavy (non-hydrogen) atoms. The lowest BCUT2D eigenvalue weighted by Crippen LogP contribution is -2.07. The van der Waals surface area contributed by atoms with Crippen molar-refractivity contribution in [3.63, 3.8) is 0 Å². The molecule has 2 rings (SSSR count). The predicted octanol–water partition coefficient (Wildman–Crippen LogP) is 3.07. The molecule has 2 heterocycles. The highest BCUT2D eigenvalue weighted by Gasteiger charge is 2.18. The van der Waals surface area contributed by atoms with Gasteiger partial charge in [-0.15, -0.1) is 5.10 Å². The first kappa shape index (κ1) is 14.3. The van der Waals surface area contributed by atoms with Gasteiger partial charge < -0.3 is 4.74 Å². The number of pyridine rings is 1. The van der Waals surface area contributed by atoms with E-state index in [0.717, 1.165) is 0 Å². The molecule has 0 fully saturated rings. The van der Waals surface area contributed by atoms with E-state index in [9.17, 15) is 4.79 Å². The van der Waals surface area contributed by atoms with Crippen molar-refractivity contribution in [1.29, 1.82) is 0 Å². The summed E-state index contributed by atoms with van der Waals surface area (Å²) in [6.07, 6.45) is 1.55. The number of hydrogen-bond acceptors (Lipinski definition) is 4. The summed E-state index contributed by atoms with van der Waals surface area (Å²) >= 11 is 14.8. The number of carbonyl (C=O) groups is 1. The molecule has 2 aromatic rings. The van der Waals surface area contributed by atoms with Crippen LogP contribution in [0.25, 0.3) is 5.82 Å². The molecule has 0 spiro atoms. The number of carbonyl (C=O) groups excluding carboxylic acids is 1. The highest BCUT2D eigenvalue weighted by Crippen LogP contribution is 2.22. The lowest BCUT2D eigenvalue weighted by molar-refractivity contribution is 0.107. The Morgan fingerprint density at radius 1 is 1.53 bits per heavy atom. The van der Waals surface area contributed by atoms with E-state index in [4.69, 9.17) is 27.9 Å². The summed E-state index contributed by atoms with van der Waals surface area (Å²) in [4.78, 5) is 15.5. The summed E-state index contributed by atoms with van der Waals surface area (Å²) < 4.78 is 6.59. The van der Waals surface area contributed by atoms with Gasteiger partial charge in [0.2, 0.25) is 5.88 Å². The second kappa shape index (κ2) is 6.36. The molecule has 0 N–H and O–H groups in total. The number of ether oxygens (including phenoxy) is 1. The molecule has 0 aliphatic heterocycles. The van der Waals surface area contributed by atoms with Crippen molar-refractivity contribution in [2.24, 2.45) is 0 Å². The fourth-order valence-electron chi connectivity index (χ4n) is 1.41. The van der Waals surface area contributed by atoms with E-state index in [2.05, 4.69) is 26.0 Å².